The molecule has 5 heteroatoms. The molecule has 132 valence electrons. The van der Waals surface area contributed by atoms with Gasteiger partial charge in [-0.3, -0.25) is 0 Å². The van der Waals surface area contributed by atoms with Crippen molar-refractivity contribution >= 4 is 17.3 Å². The Labute approximate surface area is 149 Å². The lowest BCUT2D eigenvalue weighted by molar-refractivity contribution is 0.0698. The molecule has 3 rings (SSSR count). The normalized spacial score (nSPS) is 10.5. The van der Waals surface area contributed by atoms with Crippen LogP contribution in [-0.2, 0) is 12.8 Å². The van der Waals surface area contributed by atoms with E-state index in [-0.39, 0.29) is 16.9 Å². The second kappa shape index (κ2) is 7.78. The van der Waals surface area contributed by atoms with Gasteiger partial charge in [-0.15, -0.1) is 0 Å². The fourth-order valence-electron chi connectivity index (χ4n) is 2.71. The molecule has 0 radical (unpaired) electrons. The fourth-order valence-corrected chi connectivity index (χ4v) is 2.71. The molecule has 0 fully saturated rings. The number of hydrogen-bond donors (Lipinski definition) is 2. The summed E-state index contributed by atoms with van der Waals surface area (Å²) in [5.41, 5.74) is 2.19. The van der Waals surface area contributed by atoms with Crippen LogP contribution in [0.4, 0.5) is 20.2 Å². The minimum Gasteiger partial charge on any atom is -0.478 e. The van der Waals surface area contributed by atoms with Crippen molar-refractivity contribution in [2.75, 3.05) is 5.32 Å². The molecule has 0 saturated carbocycles. The smallest absolute Gasteiger partial charge is 0.337 e. The number of aromatic carboxylic acids is 1. The molecule has 26 heavy (non-hydrogen) atoms. The third-order valence-electron chi connectivity index (χ3n) is 4.06. The van der Waals surface area contributed by atoms with Crippen molar-refractivity contribution in [3.8, 4) is 0 Å². The molecular formula is C21H17F2NO2. The van der Waals surface area contributed by atoms with Crippen LogP contribution in [-0.4, -0.2) is 11.1 Å². The third-order valence-corrected chi connectivity index (χ3v) is 4.06. The highest BCUT2D eigenvalue weighted by atomic mass is 19.1. The Balaban J connectivity index is 1.86. The second-order valence-corrected chi connectivity index (χ2v) is 5.92. The first-order valence-corrected chi connectivity index (χ1v) is 8.15. The Hall–Kier alpha value is -3.21. The number of benzene rings is 3. The van der Waals surface area contributed by atoms with Gasteiger partial charge < -0.3 is 10.4 Å². The average molecular weight is 353 g/mol. The lowest BCUT2D eigenvalue weighted by atomic mass is 10.0. The molecule has 0 atom stereocenters. The van der Waals surface area contributed by atoms with Crippen LogP contribution in [0.2, 0.25) is 0 Å². The largest absolute Gasteiger partial charge is 0.478 e. The number of carboxylic acid groups (broad SMARTS) is 1. The summed E-state index contributed by atoms with van der Waals surface area (Å²) in [7, 11) is 0. The monoisotopic (exact) mass is 353 g/mol. The molecule has 0 heterocycles. The van der Waals surface area contributed by atoms with E-state index in [1.165, 1.54) is 11.6 Å². The SMILES string of the molecule is O=C(O)c1ccc(CCc2ccccc2)cc1Nc1cc(F)ccc1F. The number of rotatable bonds is 6. The molecule has 0 aliphatic carbocycles. The molecule has 0 spiro atoms. The van der Waals surface area contributed by atoms with Crippen molar-refractivity contribution in [2.45, 2.75) is 12.8 Å². The standard InChI is InChI=1S/C21H17F2NO2/c22-16-9-11-18(23)20(13-16)24-19-12-15(8-10-17(19)21(25)26)7-6-14-4-2-1-3-5-14/h1-5,8-13,24H,6-7H2,(H,25,26). The van der Waals surface area contributed by atoms with Gasteiger partial charge in [0.05, 0.1) is 16.9 Å². The van der Waals surface area contributed by atoms with E-state index < -0.39 is 17.6 Å². The first kappa shape index (κ1) is 17.6. The van der Waals surface area contributed by atoms with E-state index in [1.807, 2.05) is 30.3 Å². The Morgan fingerprint density at radius 2 is 1.58 bits per heavy atom. The van der Waals surface area contributed by atoms with Gasteiger partial charge in [-0.1, -0.05) is 36.4 Å². The molecule has 2 N–H and O–H groups in total. The minimum absolute atomic E-state index is 0.00266. The fraction of sp³-hybridized carbons (Fsp3) is 0.0952. The van der Waals surface area contributed by atoms with E-state index in [4.69, 9.17) is 0 Å². The maximum absolute atomic E-state index is 13.9. The molecule has 0 amide bonds. The number of anilines is 2. The summed E-state index contributed by atoms with van der Waals surface area (Å²) in [6.45, 7) is 0. The number of halogens is 2. The van der Waals surface area contributed by atoms with Crippen molar-refractivity contribution in [3.05, 3.63) is 95.1 Å². The lowest BCUT2D eigenvalue weighted by Crippen LogP contribution is -2.05. The summed E-state index contributed by atoms with van der Waals surface area (Å²) in [5.74, 6) is -2.40. The molecule has 0 aromatic heterocycles. The topological polar surface area (TPSA) is 49.3 Å². The van der Waals surface area contributed by atoms with Crippen LogP contribution in [0.25, 0.3) is 0 Å². The van der Waals surface area contributed by atoms with Gasteiger partial charge in [0.15, 0.2) is 0 Å². The highest BCUT2D eigenvalue weighted by molar-refractivity contribution is 5.95. The van der Waals surface area contributed by atoms with Crippen molar-refractivity contribution < 1.29 is 18.7 Å². The number of aryl methyl sites for hydroxylation is 2. The van der Waals surface area contributed by atoms with Gasteiger partial charge in [-0.25, -0.2) is 13.6 Å². The zero-order chi connectivity index (χ0) is 18.5. The van der Waals surface area contributed by atoms with Gasteiger partial charge in [0.25, 0.3) is 0 Å². The summed E-state index contributed by atoms with van der Waals surface area (Å²) in [6.07, 6.45) is 1.49. The van der Waals surface area contributed by atoms with Gasteiger partial charge in [0.2, 0.25) is 0 Å². The van der Waals surface area contributed by atoms with Crippen molar-refractivity contribution in [1.82, 2.24) is 0 Å². The second-order valence-electron chi connectivity index (χ2n) is 5.92. The van der Waals surface area contributed by atoms with Crippen LogP contribution >= 0.6 is 0 Å². The summed E-state index contributed by atoms with van der Waals surface area (Å²) < 4.78 is 27.3. The highest BCUT2D eigenvalue weighted by Crippen LogP contribution is 2.26. The van der Waals surface area contributed by atoms with Crippen molar-refractivity contribution in [1.29, 1.82) is 0 Å². The van der Waals surface area contributed by atoms with Gasteiger partial charge in [0, 0.05) is 6.07 Å². The average Bonchev–Trinajstić information content (AvgIpc) is 2.64. The van der Waals surface area contributed by atoms with Crippen LogP contribution in [0.15, 0.2) is 66.7 Å². The molecule has 0 bridgehead atoms. The first-order valence-electron chi connectivity index (χ1n) is 8.15. The summed E-state index contributed by atoms with van der Waals surface area (Å²) >= 11 is 0. The molecule has 3 aromatic carbocycles. The number of carboxylic acids is 1. The van der Waals surface area contributed by atoms with Gasteiger partial charge >= 0.3 is 5.97 Å². The molecule has 0 unspecified atom stereocenters. The number of nitrogens with one attached hydrogen (secondary N) is 1. The third kappa shape index (κ3) is 4.25. The van der Waals surface area contributed by atoms with Crippen LogP contribution in [0, 0.1) is 11.6 Å². The van der Waals surface area contributed by atoms with E-state index in [2.05, 4.69) is 5.32 Å². The molecule has 3 nitrogen and oxygen atoms in total. The molecule has 3 aromatic rings. The van der Waals surface area contributed by atoms with E-state index in [0.717, 1.165) is 30.2 Å². The summed E-state index contributed by atoms with van der Waals surface area (Å²) in [4.78, 5) is 11.4. The molecule has 0 aliphatic heterocycles. The summed E-state index contributed by atoms with van der Waals surface area (Å²) in [5, 5.41) is 12.1. The van der Waals surface area contributed by atoms with Gasteiger partial charge in [-0.05, 0) is 48.2 Å². The van der Waals surface area contributed by atoms with E-state index >= 15 is 0 Å². The Morgan fingerprint density at radius 1 is 0.846 bits per heavy atom. The van der Waals surface area contributed by atoms with E-state index in [0.29, 0.717) is 6.42 Å². The Bertz CT molecular complexity index is 927. The zero-order valence-electron chi connectivity index (χ0n) is 13.9. The minimum atomic E-state index is -1.14. The van der Waals surface area contributed by atoms with Crippen LogP contribution in [0.5, 0.6) is 0 Å². The molecular weight excluding hydrogens is 336 g/mol. The Kier molecular flexibility index (Phi) is 5.27. The first-order chi connectivity index (χ1) is 12.5. The van der Waals surface area contributed by atoms with Crippen LogP contribution < -0.4 is 5.32 Å². The molecule has 0 saturated heterocycles. The van der Waals surface area contributed by atoms with Crippen molar-refractivity contribution in [3.63, 3.8) is 0 Å². The predicted octanol–water partition coefficient (Wildman–Crippen LogP) is 5.19. The maximum Gasteiger partial charge on any atom is 0.337 e. The van der Waals surface area contributed by atoms with Crippen molar-refractivity contribution in [2.24, 2.45) is 0 Å². The van der Waals surface area contributed by atoms with E-state index in [1.54, 1.807) is 12.1 Å². The van der Waals surface area contributed by atoms with Gasteiger partial charge in [-0.2, -0.15) is 0 Å². The van der Waals surface area contributed by atoms with Crippen LogP contribution in [0.3, 0.4) is 0 Å². The number of carbonyl (C=O) groups is 1. The van der Waals surface area contributed by atoms with Crippen LogP contribution in [0.1, 0.15) is 21.5 Å². The molecule has 0 aliphatic rings. The highest BCUT2D eigenvalue weighted by Gasteiger charge is 2.13. The number of hydrogen-bond acceptors (Lipinski definition) is 2. The van der Waals surface area contributed by atoms with Gasteiger partial charge in [0.1, 0.15) is 11.6 Å². The quantitative estimate of drug-likeness (QED) is 0.641. The summed E-state index contributed by atoms with van der Waals surface area (Å²) in [6, 6.07) is 17.8. The predicted molar refractivity (Wildman–Crippen MR) is 96.9 cm³/mol. The van der Waals surface area contributed by atoms with E-state index in [9.17, 15) is 18.7 Å². The lowest BCUT2D eigenvalue weighted by Gasteiger charge is -2.13. The Morgan fingerprint density at radius 3 is 2.31 bits per heavy atom. The maximum atomic E-state index is 13.9. The zero-order valence-corrected chi connectivity index (χ0v) is 13.9.